The van der Waals surface area contributed by atoms with Gasteiger partial charge in [0, 0.05) is 84.9 Å². The van der Waals surface area contributed by atoms with Crippen molar-refractivity contribution in [2.24, 2.45) is 0 Å². The van der Waals surface area contributed by atoms with Crippen LogP contribution in [0.1, 0.15) is 152 Å². The normalized spacial score (nSPS) is 10.2. The van der Waals surface area contributed by atoms with Crippen molar-refractivity contribution in [3.8, 4) is 0 Å². The molecule has 0 atom stereocenters. The van der Waals surface area contributed by atoms with E-state index in [2.05, 4.69) is 133 Å². The van der Waals surface area contributed by atoms with Crippen LogP contribution in [0.4, 0.5) is 0 Å². The fourth-order valence-electron chi connectivity index (χ4n) is 3.68. The molecule has 0 radical (unpaired) electrons. The van der Waals surface area contributed by atoms with Gasteiger partial charge >= 0.3 is 0 Å². The molecule has 10 nitrogen and oxygen atoms in total. The van der Waals surface area contributed by atoms with E-state index in [4.69, 9.17) is 0 Å². The lowest BCUT2D eigenvalue weighted by atomic mass is 10.1. The summed E-state index contributed by atoms with van der Waals surface area (Å²) in [5.74, 6) is 3.99. The molecule has 284 valence electrons. The van der Waals surface area contributed by atoms with Crippen LogP contribution in [0.3, 0.4) is 0 Å². The third-order valence-electron chi connectivity index (χ3n) is 6.93. The van der Waals surface area contributed by atoms with Crippen LogP contribution in [0.5, 0.6) is 0 Å². The molecule has 0 bridgehead atoms. The summed E-state index contributed by atoms with van der Waals surface area (Å²) in [7, 11) is 0. The van der Waals surface area contributed by atoms with E-state index in [9.17, 15) is 0 Å². The van der Waals surface area contributed by atoms with E-state index in [1.165, 1.54) is 10.6 Å². The van der Waals surface area contributed by atoms with Crippen molar-refractivity contribution in [2.45, 2.75) is 119 Å². The minimum Gasteiger partial charge on any atom is -0.261 e. The molecule has 0 aliphatic rings. The Kier molecular flexibility index (Phi) is 24.1. The van der Waals surface area contributed by atoms with Gasteiger partial charge in [-0.1, -0.05) is 89.2 Å². The first kappa shape index (κ1) is 46.1. The molecule has 0 saturated carbocycles. The van der Waals surface area contributed by atoms with Gasteiger partial charge in [-0.05, 0) is 59.6 Å². The molecular formula is C42H60N10S. The smallest absolute Gasteiger partial charge is 0.130 e. The maximum Gasteiger partial charge on any atom is 0.130 e. The maximum absolute atomic E-state index is 4.18. The highest BCUT2D eigenvalue weighted by atomic mass is 32.1. The minimum absolute atomic E-state index is 0.436. The fraction of sp³-hybridized carbons (Fsp3) is 0.429. The lowest BCUT2D eigenvalue weighted by Gasteiger charge is -2.00. The van der Waals surface area contributed by atoms with Crippen LogP contribution in [0, 0.1) is 0 Å². The van der Waals surface area contributed by atoms with Crippen LogP contribution in [0.2, 0.25) is 0 Å². The lowest BCUT2D eigenvalue weighted by Crippen LogP contribution is -1.93. The van der Waals surface area contributed by atoms with Crippen LogP contribution < -0.4 is 0 Å². The van der Waals surface area contributed by atoms with E-state index in [1.54, 1.807) is 54.8 Å². The first-order chi connectivity index (χ1) is 25.3. The molecule has 0 N–H and O–H groups in total. The standard InChI is InChI=1S/C8H11N.4C7H10N2.C6H9NS/c1-7(2)8-5-3-4-6-9-8;1-6(2)7-3-8-5-9-4-7;1-6(2)7-5-8-3-4-9-7;1-6(2)7-8-4-3-5-9-7;1-6(2)7-4-3-5-8-9-7;1-5(2)6-7-3-4-8-6/h3-7H,1-2H3;4*3-6H,1-2H3;3-5H,1-2H3. The Morgan fingerprint density at radius 3 is 1.36 bits per heavy atom. The van der Waals surface area contributed by atoms with Gasteiger partial charge < -0.3 is 0 Å². The third kappa shape index (κ3) is 21.9. The van der Waals surface area contributed by atoms with Gasteiger partial charge in [0.15, 0.2) is 0 Å². The van der Waals surface area contributed by atoms with Crippen LogP contribution in [-0.4, -0.2) is 50.1 Å². The summed E-state index contributed by atoms with van der Waals surface area (Å²) < 4.78 is 0. The van der Waals surface area contributed by atoms with Crippen molar-refractivity contribution in [3.05, 3.63) is 144 Å². The molecule has 0 saturated heterocycles. The molecule has 0 aromatic carbocycles. The summed E-state index contributed by atoms with van der Waals surface area (Å²) in [5, 5.41) is 10.9. The summed E-state index contributed by atoms with van der Waals surface area (Å²) >= 11 is 1.72. The zero-order valence-corrected chi connectivity index (χ0v) is 34.6. The van der Waals surface area contributed by atoms with E-state index in [-0.39, 0.29) is 0 Å². The lowest BCUT2D eigenvalue weighted by molar-refractivity contribution is 0.774. The third-order valence-corrected chi connectivity index (χ3v) is 8.01. The first-order valence-corrected chi connectivity index (χ1v) is 19.1. The van der Waals surface area contributed by atoms with Gasteiger partial charge in [0.1, 0.15) is 12.2 Å². The number of thiazole rings is 1. The Hall–Kier alpha value is -4.90. The molecule has 0 unspecified atom stereocenters. The zero-order valence-electron chi connectivity index (χ0n) is 33.7. The molecule has 0 fully saturated rings. The summed E-state index contributed by atoms with van der Waals surface area (Å²) in [6.45, 7) is 25.4. The summed E-state index contributed by atoms with van der Waals surface area (Å²) in [6.07, 6.45) is 19.3. The van der Waals surface area contributed by atoms with E-state index in [0.717, 1.165) is 22.9 Å². The molecule has 6 aromatic heterocycles. The van der Waals surface area contributed by atoms with Crippen molar-refractivity contribution < 1.29 is 0 Å². The average Bonchev–Trinajstić information content (AvgIpc) is 3.74. The second kappa shape index (κ2) is 27.7. The van der Waals surface area contributed by atoms with Gasteiger partial charge in [-0.3, -0.25) is 15.0 Å². The average molecular weight is 737 g/mol. The molecular weight excluding hydrogens is 677 g/mol. The minimum atomic E-state index is 0.436. The molecule has 0 aliphatic carbocycles. The fourth-order valence-corrected chi connectivity index (χ4v) is 4.34. The second-order valence-corrected chi connectivity index (χ2v) is 14.5. The monoisotopic (exact) mass is 736 g/mol. The predicted molar refractivity (Wildman–Crippen MR) is 219 cm³/mol. The quantitative estimate of drug-likeness (QED) is 0.163. The van der Waals surface area contributed by atoms with E-state index in [0.29, 0.717) is 35.5 Å². The van der Waals surface area contributed by atoms with Gasteiger partial charge in [0.25, 0.3) is 0 Å². The molecule has 0 amide bonds. The van der Waals surface area contributed by atoms with Crippen LogP contribution in [0.15, 0.2) is 110 Å². The topological polar surface area (TPSA) is 129 Å². The van der Waals surface area contributed by atoms with Crippen LogP contribution in [0.25, 0.3) is 0 Å². The Labute approximate surface area is 322 Å². The molecule has 11 heteroatoms. The number of hydrogen-bond donors (Lipinski definition) is 0. The molecule has 6 heterocycles. The second-order valence-electron chi connectivity index (χ2n) is 13.6. The van der Waals surface area contributed by atoms with Gasteiger partial charge in [-0.25, -0.2) is 24.9 Å². The number of aromatic nitrogens is 10. The Morgan fingerprint density at radius 1 is 0.434 bits per heavy atom. The number of nitrogens with zero attached hydrogens (tertiary/aromatic N) is 10. The van der Waals surface area contributed by atoms with Crippen molar-refractivity contribution in [2.75, 3.05) is 0 Å². The van der Waals surface area contributed by atoms with E-state index < -0.39 is 0 Å². The highest BCUT2D eigenvalue weighted by Gasteiger charge is 2.00. The molecule has 0 aliphatic heterocycles. The van der Waals surface area contributed by atoms with Gasteiger partial charge in [-0.15, -0.1) is 11.3 Å². The van der Waals surface area contributed by atoms with Crippen molar-refractivity contribution in [3.63, 3.8) is 0 Å². The predicted octanol–water partition coefficient (Wildman–Crippen LogP) is 10.9. The summed E-state index contributed by atoms with van der Waals surface area (Å²) in [6, 6.07) is 11.7. The van der Waals surface area contributed by atoms with E-state index >= 15 is 0 Å². The largest absolute Gasteiger partial charge is 0.261 e. The highest BCUT2D eigenvalue weighted by Crippen LogP contribution is 2.15. The Bertz CT molecular complexity index is 1400. The Balaban J connectivity index is 0.000000318. The van der Waals surface area contributed by atoms with Crippen molar-refractivity contribution in [1.82, 2.24) is 50.1 Å². The highest BCUT2D eigenvalue weighted by molar-refractivity contribution is 7.09. The maximum atomic E-state index is 4.18. The van der Waals surface area contributed by atoms with Gasteiger partial charge in [-0.2, -0.15) is 10.2 Å². The number of pyridine rings is 1. The van der Waals surface area contributed by atoms with Crippen LogP contribution >= 0.6 is 11.3 Å². The summed E-state index contributed by atoms with van der Waals surface area (Å²) in [5.41, 5.74) is 4.46. The SMILES string of the molecule is CC(C)c1ccccn1.CC(C)c1cccnn1.CC(C)c1cnccn1.CC(C)c1cncnc1.CC(C)c1ncccn1.CC(C)c1nccs1. The van der Waals surface area contributed by atoms with Gasteiger partial charge in [0.05, 0.1) is 16.4 Å². The zero-order chi connectivity index (χ0) is 39.4. The van der Waals surface area contributed by atoms with Crippen molar-refractivity contribution >= 4 is 11.3 Å². The van der Waals surface area contributed by atoms with E-state index in [1.807, 2.05) is 66.6 Å². The number of hydrogen-bond acceptors (Lipinski definition) is 11. The first-order valence-electron chi connectivity index (χ1n) is 18.2. The number of rotatable bonds is 6. The van der Waals surface area contributed by atoms with Gasteiger partial charge in [0.2, 0.25) is 0 Å². The van der Waals surface area contributed by atoms with Crippen molar-refractivity contribution in [1.29, 1.82) is 0 Å². The van der Waals surface area contributed by atoms with Crippen LogP contribution in [-0.2, 0) is 0 Å². The molecule has 6 aromatic rings. The molecule has 6 rings (SSSR count). The molecule has 0 spiro atoms. The molecule has 53 heavy (non-hydrogen) atoms. The Morgan fingerprint density at radius 2 is 1.04 bits per heavy atom. The summed E-state index contributed by atoms with van der Waals surface area (Å²) in [4.78, 5) is 32.3.